The van der Waals surface area contributed by atoms with Crippen molar-refractivity contribution in [3.8, 4) is 0 Å². The minimum Gasteiger partial charge on any atom is -0.372 e. The highest BCUT2D eigenvalue weighted by Gasteiger charge is 2.19. The van der Waals surface area contributed by atoms with Gasteiger partial charge >= 0.3 is 0 Å². The summed E-state index contributed by atoms with van der Waals surface area (Å²) >= 11 is 0. The van der Waals surface area contributed by atoms with Gasteiger partial charge < -0.3 is 10.5 Å². The molecule has 2 N–H and O–H groups in total. The van der Waals surface area contributed by atoms with Crippen LogP contribution >= 0.6 is 0 Å². The van der Waals surface area contributed by atoms with Crippen LogP contribution in [0, 0.1) is 0 Å². The van der Waals surface area contributed by atoms with Crippen molar-refractivity contribution >= 4 is 0 Å². The Kier molecular flexibility index (Phi) is 8.52. The van der Waals surface area contributed by atoms with E-state index in [1.54, 1.807) is 0 Å². The fraction of sp³-hybridized carbons (Fsp3) is 0.647. The van der Waals surface area contributed by atoms with Crippen molar-refractivity contribution in [2.75, 3.05) is 6.61 Å². The maximum atomic E-state index is 6.33. The summed E-state index contributed by atoms with van der Waals surface area (Å²) in [5, 5.41) is 0. The highest BCUT2D eigenvalue weighted by Crippen LogP contribution is 2.23. The molecule has 0 saturated heterocycles. The second kappa shape index (κ2) is 9.99. The van der Waals surface area contributed by atoms with Crippen LogP contribution in [-0.4, -0.2) is 12.6 Å². The highest BCUT2D eigenvalue weighted by atomic mass is 16.5. The summed E-state index contributed by atoms with van der Waals surface area (Å²) in [7, 11) is 0. The topological polar surface area (TPSA) is 35.2 Å². The van der Waals surface area contributed by atoms with E-state index in [4.69, 9.17) is 10.5 Å². The molecule has 0 fully saturated rings. The van der Waals surface area contributed by atoms with Crippen molar-refractivity contribution < 1.29 is 4.74 Å². The van der Waals surface area contributed by atoms with Gasteiger partial charge in [-0.25, -0.2) is 0 Å². The molecule has 0 saturated carbocycles. The van der Waals surface area contributed by atoms with Gasteiger partial charge in [-0.1, -0.05) is 69.4 Å². The summed E-state index contributed by atoms with van der Waals surface area (Å²) in [4.78, 5) is 0. The average Bonchev–Trinajstić information content (AvgIpc) is 2.45. The van der Waals surface area contributed by atoms with Crippen LogP contribution in [-0.2, 0) is 4.74 Å². The lowest BCUT2D eigenvalue weighted by atomic mass is 9.97. The lowest BCUT2D eigenvalue weighted by Gasteiger charge is -2.24. The molecule has 1 aromatic rings. The lowest BCUT2D eigenvalue weighted by molar-refractivity contribution is 0.0406. The zero-order valence-electron chi connectivity index (χ0n) is 12.5. The minimum absolute atomic E-state index is 0.0392. The van der Waals surface area contributed by atoms with Crippen molar-refractivity contribution in [3.63, 3.8) is 0 Å². The number of rotatable bonds is 10. The summed E-state index contributed by atoms with van der Waals surface area (Å²) in [6, 6.07) is 10.5. The zero-order valence-corrected chi connectivity index (χ0v) is 12.5. The van der Waals surface area contributed by atoms with Crippen LogP contribution < -0.4 is 5.73 Å². The fourth-order valence-corrected chi connectivity index (χ4v) is 2.42. The summed E-state index contributed by atoms with van der Waals surface area (Å²) in [6.45, 7) is 4.99. The number of nitrogens with two attached hydrogens (primary N) is 1. The number of hydrogen-bond donors (Lipinski definition) is 1. The molecule has 0 aromatic heterocycles. The van der Waals surface area contributed by atoms with Gasteiger partial charge in [-0.15, -0.1) is 0 Å². The van der Waals surface area contributed by atoms with E-state index in [1.807, 2.05) is 13.0 Å². The maximum absolute atomic E-state index is 6.33. The fourth-order valence-electron chi connectivity index (χ4n) is 2.42. The molecule has 1 aromatic carbocycles. The molecule has 0 radical (unpaired) electrons. The van der Waals surface area contributed by atoms with Gasteiger partial charge in [0.25, 0.3) is 0 Å². The Morgan fingerprint density at radius 2 is 1.68 bits per heavy atom. The first kappa shape index (κ1) is 16.2. The molecule has 0 amide bonds. The normalized spacial score (nSPS) is 14.3. The van der Waals surface area contributed by atoms with Crippen molar-refractivity contribution in [2.24, 2.45) is 5.73 Å². The van der Waals surface area contributed by atoms with E-state index in [9.17, 15) is 0 Å². The van der Waals surface area contributed by atoms with E-state index in [0.29, 0.717) is 6.61 Å². The largest absolute Gasteiger partial charge is 0.372 e. The molecular formula is C17H29NO. The molecule has 2 atom stereocenters. The van der Waals surface area contributed by atoms with E-state index in [0.717, 1.165) is 6.42 Å². The maximum Gasteiger partial charge on any atom is 0.0975 e. The van der Waals surface area contributed by atoms with Crippen LogP contribution in [0.3, 0.4) is 0 Å². The van der Waals surface area contributed by atoms with Crippen LogP contribution in [0.4, 0.5) is 0 Å². The first-order valence-electron chi connectivity index (χ1n) is 7.71. The van der Waals surface area contributed by atoms with Gasteiger partial charge in [0.15, 0.2) is 0 Å². The molecule has 1 rings (SSSR count). The number of unbranched alkanes of at least 4 members (excludes halogenated alkanes) is 4. The predicted molar refractivity (Wildman–Crippen MR) is 82.2 cm³/mol. The Morgan fingerprint density at radius 1 is 1.00 bits per heavy atom. The lowest BCUT2D eigenvalue weighted by Crippen LogP contribution is -2.30. The predicted octanol–water partition coefficient (Wildman–Crippen LogP) is 4.45. The van der Waals surface area contributed by atoms with Gasteiger partial charge in [0, 0.05) is 12.6 Å². The minimum atomic E-state index is 0.0392. The molecule has 2 unspecified atom stereocenters. The molecule has 0 heterocycles. The highest BCUT2D eigenvalue weighted by molar-refractivity contribution is 5.19. The van der Waals surface area contributed by atoms with Crippen LogP contribution in [0.5, 0.6) is 0 Å². The molecule has 2 heteroatoms. The number of hydrogen-bond acceptors (Lipinski definition) is 2. The third-order valence-electron chi connectivity index (χ3n) is 3.50. The van der Waals surface area contributed by atoms with E-state index in [2.05, 4.69) is 31.2 Å². The third-order valence-corrected chi connectivity index (χ3v) is 3.50. The smallest absolute Gasteiger partial charge is 0.0975 e. The Bertz CT molecular complexity index is 312. The molecule has 108 valence electrons. The second-order valence-corrected chi connectivity index (χ2v) is 5.15. The second-order valence-electron chi connectivity index (χ2n) is 5.15. The Balaban J connectivity index is 2.42. The summed E-state index contributed by atoms with van der Waals surface area (Å²) in [5.74, 6) is 0. The zero-order chi connectivity index (χ0) is 13.9. The molecule has 0 spiro atoms. The monoisotopic (exact) mass is 263 g/mol. The summed E-state index contributed by atoms with van der Waals surface area (Å²) < 4.78 is 5.84. The van der Waals surface area contributed by atoms with Crippen LogP contribution in [0.2, 0.25) is 0 Å². The molecule has 19 heavy (non-hydrogen) atoms. The number of benzene rings is 1. The van der Waals surface area contributed by atoms with E-state index < -0.39 is 0 Å². The molecule has 0 aliphatic heterocycles. The van der Waals surface area contributed by atoms with Crippen molar-refractivity contribution in [3.05, 3.63) is 35.9 Å². The Labute approximate surface area is 118 Å². The molecule has 0 aliphatic rings. The van der Waals surface area contributed by atoms with E-state index >= 15 is 0 Å². The van der Waals surface area contributed by atoms with Crippen LogP contribution in [0.15, 0.2) is 30.3 Å². The van der Waals surface area contributed by atoms with Gasteiger partial charge in [-0.2, -0.15) is 0 Å². The standard InChI is InChI=1S/C17H29NO/c1-3-5-6-7-11-14-16(18)17(19-4-2)15-12-9-8-10-13-15/h8-10,12-13,16-17H,3-7,11,14,18H2,1-2H3. The first-order chi connectivity index (χ1) is 9.29. The molecule has 2 nitrogen and oxygen atoms in total. The van der Waals surface area contributed by atoms with Crippen LogP contribution in [0.1, 0.15) is 64.0 Å². The third kappa shape index (κ3) is 6.22. The Morgan fingerprint density at radius 3 is 2.32 bits per heavy atom. The Hall–Kier alpha value is -0.860. The van der Waals surface area contributed by atoms with Crippen LogP contribution in [0.25, 0.3) is 0 Å². The summed E-state index contributed by atoms with van der Waals surface area (Å²) in [6.07, 6.45) is 7.53. The quantitative estimate of drug-likeness (QED) is 0.633. The first-order valence-corrected chi connectivity index (χ1v) is 7.71. The van der Waals surface area contributed by atoms with Gasteiger partial charge in [0.05, 0.1) is 6.10 Å². The van der Waals surface area contributed by atoms with Gasteiger partial charge in [0.2, 0.25) is 0 Å². The number of ether oxygens (including phenoxy) is 1. The molecular weight excluding hydrogens is 234 g/mol. The van der Waals surface area contributed by atoms with Gasteiger partial charge in [-0.05, 0) is 18.9 Å². The van der Waals surface area contributed by atoms with Crippen molar-refractivity contribution in [1.29, 1.82) is 0 Å². The van der Waals surface area contributed by atoms with Gasteiger partial charge in [-0.3, -0.25) is 0 Å². The van der Waals surface area contributed by atoms with Crippen molar-refractivity contribution in [2.45, 2.75) is 64.5 Å². The van der Waals surface area contributed by atoms with E-state index in [-0.39, 0.29) is 12.1 Å². The average molecular weight is 263 g/mol. The van der Waals surface area contributed by atoms with E-state index in [1.165, 1.54) is 37.7 Å². The molecule has 0 aliphatic carbocycles. The van der Waals surface area contributed by atoms with Crippen molar-refractivity contribution in [1.82, 2.24) is 0 Å². The van der Waals surface area contributed by atoms with Gasteiger partial charge in [0.1, 0.15) is 0 Å². The SMILES string of the molecule is CCCCCCCC(N)C(OCC)c1ccccc1. The molecule has 0 bridgehead atoms. The summed E-state index contributed by atoms with van der Waals surface area (Å²) in [5.41, 5.74) is 7.53.